The Kier molecular flexibility index (Phi) is 21.8. The lowest BCUT2D eigenvalue weighted by Crippen LogP contribution is -2.35. The zero-order valence-corrected chi connectivity index (χ0v) is 55.1. The fourth-order valence-electron chi connectivity index (χ4n) is 12.8. The number of ether oxygens (including phenoxy) is 4. The van der Waals surface area contributed by atoms with Crippen molar-refractivity contribution in [3.63, 3.8) is 0 Å². The molecule has 0 bridgehead atoms. The summed E-state index contributed by atoms with van der Waals surface area (Å²) in [6, 6.07) is 40.9. The molecule has 6 aromatic heterocycles. The first-order valence-electron chi connectivity index (χ1n) is 32.9. The van der Waals surface area contributed by atoms with Crippen molar-refractivity contribution in [1.29, 1.82) is 0 Å². The van der Waals surface area contributed by atoms with Crippen LogP contribution < -0.4 is 38.5 Å². The molecule has 512 valence electrons. The van der Waals surface area contributed by atoms with E-state index >= 15 is 0 Å². The monoisotopic (exact) mass is 1350 g/mol. The van der Waals surface area contributed by atoms with Crippen LogP contribution in [0.25, 0.3) is 99.2 Å². The van der Waals surface area contributed by atoms with Gasteiger partial charge in [-0.15, -0.1) is 0 Å². The lowest BCUT2D eigenvalue weighted by atomic mass is 9.93. The van der Waals surface area contributed by atoms with Crippen LogP contribution in [0.4, 0.5) is 0 Å². The van der Waals surface area contributed by atoms with E-state index in [2.05, 4.69) is 14.7 Å². The van der Waals surface area contributed by atoms with Crippen LogP contribution in [0.15, 0.2) is 201 Å². The summed E-state index contributed by atoms with van der Waals surface area (Å²) in [6.45, 7) is 10.7. The number of benzene rings is 6. The van der Waals surface area contributed by atoms with Gasteiger partial charge >= 0.3 is 33.8 Å². The number of phenols is 2. The van der Waals surface area contributed by atoms with Crippen molar-refractivity contribution in [2.24, 2.45) is 5.92 Å². The Balaban J connectivity index is 0.000000142. The highest BCUT2D eigenvalue weighted by Crippen LogP contribution is 2.38. The highest BCUT2D eigenvalue weighted by Gasteiger charge is 2.26. The van der Waals surface area contributed by atoms with Crippen molar-refractivity contribution in [3.05, 3.63) is 225 Å². The lowest BCUT2D eigenvalue weighted by molar-refractivity contribution is 0.0339. The third-order valence-electron chi connectivity index (χ3n) is 17.9. The minimum atomic E-state index is -0.599. The number of aliphatic hydroxyl groups is 1. The van der Waals surface area contributed by atoms with Gasteiger partial charge in [0.15, 0.2) is 0 Å². The first kappa shape index (κ1) is 68.6. The van der Waals surface area contributed by atoms with Gasteiger partial charge in [-0.3, -0.25) is 14.7 Å². The summed E-state index contributed by atoms with van der Waals surface area (Å²) in [7, 11) is 3.31. The third-order valence-corrected chi connectivity index (χ3v) is 17.9. The summed E-state index contributed by atoms with van der Waals surface area (Å²) < 4.78 is 55.3. The topological polar surface area (TPSA) is 289 Å². The van der Waals surface area contributed by atoms with Crippen LogP contribution in [-0.4, -0.2) is 123 Å². The molecule has 22 nitrogen and oxygen atoms in total. The van der Waals surface area contributed by atoms with Crippen molar-refractivity contribution < 1.29 is 60.8 Å². The Morgan fingerprint density at radius 3 is 1.29 bits per heavy atom. The van der Waals surface area contributed by atoms with Gasteiger partial charge in [0.1, 0.15) is 50.7 Å². The quantitative estimate of drug-likeness (QED) is 0.0598. The predicted molar refractivity (Wildman–Crippen MR) is 376 cm³/mol. The molecule has 0 amide bonds. The fourth-order valence-corrected chi connectivity index (χ4v) is 12.8. The van der Waals surface area contributed by atoms with Crippen molar-refractivity contribution in [2.75, 3.05) is 93.1 Å². The number of hydrogen-bond acceptors (Lipinski definition) is 22. The second-order valence-electron chi connectivity index (χ2n) is 24.4. The number of aromatic hydroxyl groups is 2. The van der Waals surface area contributed by atoms with Gasteiger partial charge in [0.05, 0.1) is 66.4 Å². The van der Waals surface area contributed by atoms with Gasteiger partial charge in [0.2, 0.25) is 0 Å². The van der Waals surface area contributed by atoms with Gasteiger partial charge < -0.3 is 60.8 Å². The van der Waals surface area contributed by atoms with E-state index in [1.807, 2.05) is 55.5 Å². The largest absolute Gasteiger partial charge is 0.507 e. The van der Waals surface area contributed by atoms with E-state index < -0.39 is 33.8 Å². The van der Waals surface area contributed by atoms with Gasteiger partial charge in [0.25, 0.3) is 0 Å². The first-order chi connectivity index (χ1) is 48.2. The molecular weight excluding hydrogens is 1270 g/mol. The molecule has 0 aliphatic carbocycles. The summed E-state index contributed by atoms with van der Waals surface area (Å²) in [5.41, 5.74) is 2.95. The maximum absolute atomic E-state index is 12.9. The number of methoxy groups -OCH3 is 2. The zero-order chi connectivity index (χ0) is 69.1. The summed E-state index contributed by atoms with van der Waals surface area (Å²) in [5.74, 6) is 1.23. The molecule has 3 N–H and O–H groups in total. The number of nitrogens with zero attached hydrogens (tertiary/aromatic N) is 3. The minimum absolute atomic E-state index is 0.0415. The van der Waals surface area contributed by atoms with Gasteiger partial charge in [-0.25, -0.2) is 28.8 Å². The molecule has 2 fully saturated rings. The fraction of sp³-hybridized carbons (Fsp3) is 0.299. The van der Waals surface area contributed by atoms with Crippen LogP contribution in [0.5, 0.6) is 17.2 Å². The summed E-state index contributed by atoms with van der Waals surface area (Å²) in [5, 5.41) is 34.3. The maximum atomic E-state index is 12.9. The Morgan fingerprint density at radius 1 is 0.475 bits per heavy atom. The number of piperidine rings is 1. The first-order valence-corrected chi connectivity index (χ1v) is 32.9. The Labute approximate surface area is 565 Å². The normalized spacial score (nSPS) is 13.9. The number of hydrogen-bond donors (Lipinski definition) is 3. The zero-order valence-electron chi connectivity index (χ0n) is 55.1. The number of phenolic OH excluding ortho intramolecular Hbond substituents is 2. The molecule has 0 spiro atoms. The van der Waals surface area contributed by atoms with Gasteiger partial charge in [-0.2, -0.15) is 0 Å². The van der Waals surface area contributed by atoms with Crippen LogP contribution >= 0.6 is 0 Å². The SMILES string of the molecule is CCCOc1ccc2c(-c3cc4ccccc4oc3=O)cc(=O)oc2c1CN(CCOC)CCOC.O=c1cc(-c2cc3ccccc3oc2=O)c2ccc(O)c(CN3CCC(CCO)CC3)c2o1.O=c1cc(-c2cc3ccccc3oc2=O)c2ccc(O)c(CN3CCOCC3)c2o1. The highest BCUT2D eigenvalue weighted by molar-refractivity contribution is 5.99. The van der Waals surface area contributed by atoms with E-state index in [4.69, 9.17) is 45.5 Å². The number of para-hydroxylation sites is 3. The van der Waals surface area contributed by atoms with E-state index in [1.54, 1.807) is 93.1 Å². The van der Waals surface area contributed by atoms with Crippen LogP contribution in [0, 0.1) is 5.92 Å². The molecular formula is C77H75N3O19. The van der Waals surface area contributed by atoms with Gasteiger partial charge in [-0.05, 0) is 117 Å². The Bertz CT molecular complexity index is 5260. The number of likely N-dealkylation sites (tertiary alicyclic amines) is 1. The molecule has 22 heteroatoms. The molecule has 99 heavy (non-hydrogen) atoms. The number of fused-ring (bicyclic) bond motifs is 6. The molecule has 8 heterocycles. The molecule has 2 saturated heterocycles. The average molecular weight is 1350 g/mol. The second-order valence-corrected chi connectivity index (χ2v) is 24.4. The summed E-state index contributed by atoms with van der Waals surface area (Å²) in [4.78, 5) is 82.5. The van der Waals surface area contributed by atoms with Crippen molar-refractivity contribution in [1.82, 2.24) is 14.7 Å². The molecule has 0 unspecified atom stereocenters. The van der Waals surface area contributed by atoms with Crippen LogP contribution in [0.1, 0.15) is 49.3 Å². The highest BCUT2D eigenvalue weighted by atomic mass is 16.5. The number of aliphatic hydroxyl groups excluding tert-OH is 1. The average Bonchev–Trinajstić information content (AvgIpc) is 0.771. The second kappa shape index (κ2) is 31.5. The van der Waals surface area contributed by atoms with E-state index in [1.165, 1.54) is 18.2 Å². The summed E-state index contributed by atoms with van der Waals surface area (Å²) >= 11 is 0. The van der Waals surface area contributed by atoms with Crippen molar-refractivity contribution in [3.8, 4) is 50.6 Å². The summed E-state index contributed by atoms with van der Waals surface area (Å²) in [6.07, 6.45) is 3.58. The van der Waals surface area contributed by atoms with Crippen molar-refractivity contribution >= 4 is 65.8 Å². The molecule has 6 aromatic carbocycles. The van der Waals surface area contributed by atoms with E-state index in [0.717, 1.165) is 60.5 Å². The van der Waals surface area contributed by atoms with E-state index in [0.29, 0.717) is 162 Å². The Morgan fingerprint density at radius 2 is 0.879 bits per heavy atom. The predicted octanol–water partition coefficient (Wildman–Crippen LogP) is 11.4. The number of morpholine rings is 1. The molecule has 0 atom stereocenters. The van der Waals surface area contributed by atoms with E-state index in [-0.39, 0.29) is 40.4 Å². The third kappa shape index (κ3) is 15.7. The number of rotatable bonds is 20. The molecule has 0 radical (unpaired) electrons. The van der Waals surface area contributed by atoms with Crippen molar-refractivity contribution in [2.45, 2.75) is 52.2 Å². The minimum Gasteiger partial charge on any atom is -0.507 e. The molecule has 12 aromatic rings. The Hall–Kier alpha value is -10.3. The lowest BCUT2D eigenvalue weighted by Gasteiger charge is -2.31. The molecule has 14 rings (SSSR count). The van der Waals surface area contributed by atoms with Gasteiger partial charge in [-0.1, -0.05) is 61.5 Å². The van der Waals surface area contributed by atoms with Gasteiger partial charge in [0, 0.05) is 134 Å². The molecule has 2 aliphatic heterocycles. The smallest absolute Gasteiger partial charge is 0.344 e. The maximum Gasteiger partial charge on any atom is 0.344 e. The standard InChI is InChI=1S/C28H31NO7.C26H25NO6.C23H19NO6/c1-4-13-34-25-10-9-20-21(22-16-19-7-5-6-8-24(19)35-28(22)31)17-26(30)36-27(20)23(25)18-29(11-14-32-2)12-15-33-3;28-12-9-16-7-10-27(11-8-16)15-21-22(29)6-5-18-19(14-24(30)33-25(18)21)20-13-17-3-1-2-4-23(17)32-26(20)31;25-19-6-5-15-16(17-11-14-3-1-2-4-20(14)29-23(17)27)12-21(26)30-22(15)18(19)13-24-7-9-28-10-8-24/h5-10,16-17H,4,11-15,18H2,1-3H3;1-6,13-14,16,28-29H,7-12,15H2;1-6,11-12,25H,7-10,13H2. The van der Waals surface area contributed by atoms with Crippen LogP contribution in [-0.2, 0) is 33.8 Å². The van der Waals surface area contributed by atoms with Crippen LogP contribution in [0.2, 0.25) is 0 Å². The molecule has 0 saturated carbocycles. The van der Waals surface area contributed by atoms with Crippen LogP contribution in [0.3, 0.4) is 0 Å². The molecule has 2 aliphatic rings. The van der Waals surface area contributed by atoms with E-state index in [9.17, 15) is 44.1 Å².